The number of nitrogens with one attached hydrogen (secondary N) is 2. The second kappa shape index (κ2) is 6.84. The maximum atomic E-state index is 13.1. The maximum Gasteiger partial charge on any atom is 0.132 e. The summed E-state index contributed by atoms with van der Waals surface area (Å²) in [6.45, 7) is 2.72. The minimum Gasteiger partial charge on any atom is -0.373 e. The molecule has 0 aliphatic carbocycles. The third-order valence-corrected chi connectivity index (χ3v) is 2.95. The fourth-order valence-corrected chi connectivity index (χ4v) is 1.90. The standard InChI is InChI=1S/C15H19FN4/c1-3-13-19-14(17-2)10-15(20-13)18-8-7-11-5-4-6-12(16)9-11/h4-6,9-10H,3,7-8H2,1-2H3,(H2,17,18,19,20). The first-order valence-corrected chi connectivity index (χ1v) is 6.75. The Balaban J connectivity index is 1.96. The summed E-state index contributed by atoms with van der Waals surface area (Å²) in [7, 11) is 1.83. The molecule has 2 rings (SSSR count). The Morgan fingerprint density at radius 3 is 2.65 bits per heavy atom. The molecular weight excluding hydrogens is 255 g/mol. The molecule has 1 aromatic carbocycles. The molecule has 1 heterocycles. The smallest absolute Gasteiger partial charge is 0.132 e. The van der Waals surface area contributed by atoms with Crippen molar-refractivity contribution in [3.8, 4) is 0 Å². The van der Waals surface area contributed by atoms with Crippen molar-refractivity contribution >= 4 is 11.6 Å². The Bertz CT molecular complexity index is 549. The van der Waals surface area contributed by atoms with Gasteiger partial charge in [-0.05, 0) is 24.1 Å². The number of benzene rings is 1. The van der Waals surface area contributed by atoms with E-state index in [1.165, 1.54) is 6.07 Å². The van der Waals surface area contributed by atoms with Crippen LogP contribution in [0.4, 0.5) is 16.0 Å². The van der Waals surface area contributed by atoms with Gasteiger partial charge in [0.1, 0.15) is 23.3 Å². The van der Waals surface area contributed by atoms with Crippen LogP contribution in [0.25, 0.3) is 0 Å². The van der Waals surface area contributed by atoms with Crippen molar-refractivity contribution in [1.29, 1.82) is 0 Å². The average molecular weight is 274 g/mol. The molecule has 5 heteroatoms. The molecule has 0 atom stereocenters. The minimum absolute atomic E-state index is 0.199. The molecule has 1 aromatic heterocycles. The van der Waals surface area contributed by atoms with E-state index in [9.17, 15) is 4.39 Å². The van der Waals surface area contributed by atoms with Crippen molar-refractivity contribution in [2.45, 2.75) is 19.8 Å². The van der Waals surface area contributed by atoms with Crippen LogP contribution in [0.3, 0.4) is 0 Å². The third kappa shape index (κ3) is 3.91. The van der Waals surface area contributed by atoms with Gasteiger partial charge in [-0.15, -0.1) is 0 Å². The van der Waals surface area contributed by atoms with Gasteiger partial charge in [0.05, 0.1) is 0 Å². The van der Waals surface area contributed by atoms with E-state index in [2.05, 4.69) is 20.6 Å². The third-order valence-electron chi connectivity index (χ3n) is 2.95. The lowest BCUT2D eigenvalue weighted by Gasteiger charge is -2.09. The average Bonchev–Trinajstić information content (AvgIpc) is 2.47. The van der Waals surface area contributed by atoms with Crippen LogP contribution in [0.15, 0.2) is 30.3 Å². The SMILES string of the molecule is CCc1nc(NC)cc(NCCc2cccc(F)c2)n1. The van der Waals surface area contributed by atoms with Gasteiger partial charge in [-0.3, -0.25) is 0 Å². The number of halogens is 1. The molecule has 20 heavy (non-hydrogen) atoms. The number of nitrogens with zero attached hydrogens (tertiary/aromatic N) is 2. The second-order valence-corrected chi connectivity index (χ2v) is 4.46. The predicted molar refractivity (Wildman–Crippen MR) is 79.6 cm³/mol. The molecule has 0 saturated carbocycles. The normalized spacial score (nSPS) is 10.3. The van der Waals surface area contributed by atoms with E-state index < -0.39 is 0 Å². The fraction of sp³-hybridized carbons (Fsp3) is 0.333. The van der Waals surface area contributed by atoms with Crippen LogP contribution in [0.5, 0.6) is 0 Å². The molecule has 0 radical (unpaired) electrons. The number of aryl methyl sites for hydroxylation is 1. The Hall–Kier alpha value is -2.17. The minimum atomic E-state index is -0.199. The number of hydrogen-bond donors (Lipinski definition) is 2. The lowest BCUT2D eigenvalue weighted by Crippen LogP contribution is -2.09. The van der Waals surface area contributed by atoms with Gasteiger partial charge < -0.3 is 10.6 Å². The molecule has 0 spiro atoms. The van der Waals surface area contributed by atoms with Crippen LogP contribution in [0.1, 0.15) is 18.3 Å². The Kier molecular flexibility index (Phi) is 4.87. The number of aromatic nitrogens is 2. The molecule has 106 valence electrons. The summed E-state index contributed by atoms with van der Waals surface area (Å²) in [6, 6.07) is 8.52. The molecule has 0 bridgehead atoms. The van der Waals surface area contributed by atoms with Crippen LogP contribution in [0, 0.1) is 5.82 Å². The molecule has 0 unspecified atom stereocenters. The van der Waals surface area contributed by atoms with E-state index in [-0.39, 0.29) is 5.82 Å². The summed E-state index contributed by atoms with van der Waals surface area (Å²) in [5.41, 5.74) is 0.969. The Labute approximate surface area is 118 Å². The Morgan fingerprint density at radius 2 is 1.95 bits per heavy atom. The molecule has 0 aliphatic heterocycles. The number of hydrogen-bond acceptors (Lipinski definition) is 4. The van der Waals surface area contributed by atoms with Gasteiger partial charge in [-0.1, -0.05) is 19.1 Å². The molecule has 0 saturated heterocycles. The first-order valence-electron chi connectivity index (χ1n) is 6.75. The molecule has 2 aromatic rings. The summed E-state index contributed by atoms with van der Waals surface area (Å²) in [5.74, 6) is 2.18. The van der Waals surface area contributed by atoms with Crippen molar-refractivity contribution in [1.82, 2.24) is 9.97 Å². The summed E-state index contributed by atoms with van der Waals surface area (Å²) in [4.78, 5) is 8.75. The molecular formula is C15H19FN4. The lowest BCUT2D eigenvalue weighted by atomic mass is 10.1. The maximum absolute atomic E-state index is 13.1. The molecule has 0 fully saturated rings. The summed E-state index contributed by atoms with van der Waals surface area (Å²) >= 11 is 0. The van der Waals surface area contributed by atoms with E-state index in [1.807, 2.05) is 26.1 Å². The zero-order valence-electron chi connectivity index (χ0n) is 11.8. The summed E-state index contributed by atoms with van der Waals surface area (Å²) in [6.07, 6.45) is 1.53. The van der Waals surface area contributed by atoms with Crippen LogP contribution in [0.2, 0.25) is 0 Å². The van der Waals surface area contributed by atoms with E-state index in [1.54, 1.807) is 12.1 Å². The van der Waals surface area contributed by atoms with Crippen molar-refractivity contribution in [2.24, 2.45) is 0 Å². The van der Waals surface area contributed by atoms with E-state index >= 15 is 0 Å². The highest BCUT2D eigenvalue weighted by Crippen LogP contribution is 2.11. The van der Waals surface area contributed by atoms with Gasteiger partial charge in [0, 0.05) is 26.1 Å². The monoisotopic (exact) mass is 274 g/mol. The van der Waals surface area contributed by atoms with E-state index in [0.717, 1.165) is 35.9 Å². The largest absolute Gasteiger partial charge is 0.373 e. The van der Waals surface area contributed by atoms with Gasteiger partial charge >= 0.3 is 0 Å². The highest BCUT2D eigenvalue weighted by molar-refractivity contribution is 5.47. The zero-order chi connectivity index (χ0) is 14.4. The van der Waals surface area contributed by atoms with Crippen molar-refractivity contribution < 1.29 is 4.39 Å². The lowest BCUT2D eigenvalue weighted by molar-refractivity contribution is 0.625. The molecule has 4 nitrogen and oxygen atoms in total. The molecule has 2 N–H and O–H groups in total. The summed E-state index contributed by atoms with van der Waals surface area (Å²) < 4.78 is 13.1. The van der Waals surface area contributed by atoms with Gasteiger partial charge in [-0.25, -0.2) is 14.4 Å². The quantitative estimate of drug-likeness (QED) is 0.850. The van der Waals surface area contributed by atoms with Crippen molar-refractivity contribution in [3.63, 3.8) is 0 Å². The van der Waals surface area contributed by atoms with E-state index in [4.69, 9.17) is 0 Å². The summed E-state index contributed by atoms with van der Waals surface area (Å²) in [5, 5.41) is 6.27. The first kappa shape index (κ1) is 14.2. The Morgan fingerprint density at radius 1 is 1.15 bits per heavy atom. The molecule has 0 amide bonds. The van der Waals surface area contributed by atoms with Gasteiger partial charge in [0.25, 0.3) is 0 Å². The van der Waals surface area contributed by atoms with Gasteiger partial charge in [0.2, 0.25) is 0 Å². The predicted octanol–water partition coefficient (Wildman–Crippen LogP) is 2.87. The van der Waals surface area contributed by atoms with Crippen molar-refractivity contribution in [3.05, 3.63) is 47.5 Å². The van der Waals surface area contributed by atoms with Crippen LogP contribution in [-0.2, 0) is 12.8 Å². The second-order valence-electron chi connectivity index (χ2n) is 4.46. The van der Waals surface area contributed by atoms with Crippen LogP contribution >= 0.6 is 0 Å². The highest BCUT2D eigenvalue weighted by Gasteiger charge is 2.02. The van der Waals surface area contributed by atoms with Crippen LogP contribution < -0.4 is 10.6 Å². The topological polar surface area (TPSA) is 49.8 Å². The fourth-order valence-electron chi connectivity index (χ4n) is 1.90. The van der Waals surface area contributed by atoms with E-state index in [0.29, 0.717) is 6.54 Å². The number of rotatable bonds is 6. The van der Waals surface area contributed by atoms with Gasteiger partial charge in [-0.2, -0.15) is 0 Å². The first-order chi connectivity index (χ1) is 9.71. The zero-order valence-corrected chi connectivity index (χ0v) is 11.8. The number of anilines is 2. The molecule has 0 aliphatic rings. The van der Waals surface area contributed by atoms with Crippen LogP contribution in [-0.4, -0.2) is 23.6 Å². The van der Waals surface area contributed by atoms with Crippen molar-refractivity contribution in [2.75, 3.05) is 24.2 Å². The van der Waals surface area contributed by atoms with Gasteiger partial charge in [0.15, 0.2) is 0 Å². The highest BCUT2D eigenvalue weighted by atomic mass is 19.1.